The van der Waals surface area contributed by atoms with Crippen LogP contribution in [0.2, 0.25) is 0 Å². The zero-order chi connectivity index (χ0) is 12.1. The Morgan fingerprint density at radius 2 is 1.88 bits per heavy atom. The highest BCUT2D eigenvalue weighted by molar-refractivity contribution is 7.99. The summed E-state index contributed by atoms with van der Waals surface area (Å²) in [5.74, 6) is 0.920. The summed E-state index contributed by atoms with van der Waals surface area (Å²) in [6.07, 6.45) is 1.60. The fourth-order valence-corrected chi connectivity index (χ4v) is 1.80. The molecule has 0 aromatic carbocycles. The molecule has 0 amide bonds. The van der Waals surface area contributed by atoms with Gasteiger partial charge in [0.05, 0.1) is 20.3 Å². The van der Waals surface area contributed by atoms with E-state index in [-0.39, 0.29) is 0 Å². The molecule has 0 spiro atoms. The van der Waals surface area contributed by atoms with E-state index in [0.717, 1.165) is 5.03 Å². The smallest absolute Gasteiger partial charge is 0.220 e. The van der Waals surface area contributed by atoms with E-state index in [4.69, 9.17) is 9.47 Å². The standard InChI is InChI=1S/C11H10N3O2S/c1-15-8-7-9(16-2)14-11(13-8)17-10-5-3-4-6-12-10/h3,5-7H,1-2H3. The molecule has 0 atom stereocenters. The van der Waals surface area contributed by atoms with Crippen molar-refractivity contribution < 1.29 is 9.47 Å². The van der Waals surface area contributed by atoms with Crippen molar-refractivity contribution in [2.24, 2.45) is 0 Å². The molecular formula is C11H10N3O2S. The van der Waals surface area contributed by atoms with Crippen molar-refractivity contribution in [2.75, 3.05) is 14.2 Å². The molecule has 1 radical (unpaired) electrons. The van der Waals surface area contributed by atoms with Gasteiger partial charge >= 0.3 is 0 Å². The Balaban J connectivity index is 2.26. The SMILES string of the molecule is COc1cc(OC)nc(Sc2cc[c]cn2)n1. The molecule has 0 fully saturated rings. The molecule has 0 aliphatic carbocycles. The fourth-order valence-electron chi connectivity index (χ4n) is 1.10. The Labute approximate surface area is 103 Å². The van der Waals surface area contributed by atoms with Crippen molar-refractivity contribution in [1.82, 2.24) is 15.0 Å². The monoisotopic (exact) mass is 248 g/mol. The predicted octanol–water partition coefficient (Wildman–Crippen LogP) is 1.84. The predicted molar refractivity (Wildman–Crippen MR) is 62.3 cm³/mol. The van der Waals surface area contributed by atoms with Crippen LogP contribution < -0.4 is 9.47 Å². The first-order valence-corrected chi connectivity index (χ1v) is 5.60. The Morgan fingerprint density at radius 3 is 2.41 bits per heavy atom. The van der Waals surface area contributed by atoms with E-state index in [1.165, 1.54) is 11.8 Å². The van der Waals surface area contributed by atoms with Crippen LogP contribution in [0.15, 0.2) is 34.6 Å². The Morgan fingerprint density at radius 1 is 1.18 bits per heavy atom. The van der Waals surface area contributed by atoms with E-state index < -0.39 is 0 Å². The molecular weight excluding hydrogens is 238 g/mol. The second-order valence-electron chi connectivity index (χ2n) is 2.93. The lowest BCUT2D eigenvalue weighted by Gasteiger charge is -2.05. The molecule has 0 aliphatic rings. The second-order valence-corrected chi connectivity index (χ2v) is 3.92. The third kappa shape index (κ3) is 3.07. The fraction of sp³-hybridized carbons (Fsp3) is 0.182. The molecule has 17 heavy (non-hydrogen) atoms. The largest absolute Gasteiger partial charge is 0.481 e. The van der Waals surface area contributed by atoms with Gasteiger partial charge in [0, 0.05) is 12.3 Å². The molecule has 6 heteroatoms. The highest BCUT2D eigenvalue weighted by atomic mass is 32.2. The number of hydrogen-bond donors (Lipinski definition) is 0. The third-order valence-electron chi connectivity index (χ3n) is 1.86. The maximum absolute atomic E-state index is 5.06. The molecule has 0 saturated heterocycles. The number of rotatable bonds is 4. The van der Waals surface area contributed by atoms with Crippen molar-refractivity contribution in [3.63, 3.8) is 0 Å². The number of hydrogen-bond acceptors (Lipinski definition) is 6. The van der Waals surface area contributed by atoms with Crippen LogP contribution in [0.25, 0.3) is 0 Å². The summed E-state index contributed by atoms with van der Waals surface area (Å²) in [5.41, 5.74) is 0. The molecule has 2 aromatic rings. The maximum atomic E-state index is 5.06. The van der Waals surface area contributed by atoms with Crippen molar-refractivity contribution in [3.8, 4) is 11.8 Å². The molecule has 0 aliphatic heterocycles. The summed E-state index contributed by atoms with van der Waals surface area (Å²) in [5, 5.41) is 1.32. The summed E-state index contributed by atoms with van der Waals surface area (Å²) in [4.78, 5) is 12.5. The molecule has 87 valence electrons. The molecule has 0 unspecified atom stereocenters. The number of nitrogens with zero attached hydrogens (tertiary/aromatic N) is 3. The first-order valence-electron chi connectivity index (χ1n) is 4.79. The van der Waals surface area contributed by atoms with Crippen LogP contribution in [-0.4, -0.2) is 29.2 Å². The summed E-state index contributed by atoms with van der Waals surface area (Å²) in [7, 11) is 3.10. The maximum Gasteiger partial charge on any atom is 0.220 e. The van der Waals surface area contributed by atoms with Gasteiger partial charge in [0.15, 0.2) is 0 Å². The van der Waals surface area contributed by atoms with Crippen LogP contribution in [0.5, 0.6) is 11.8 Å². The van der Waals surface area contributed by atoms with Gasteiger partial charge < -0.3 is 9.47 Å². The van der Waals surface area contributed by atoms with Gasteiger partial charge in [0.25, 0.3) is 0 Å². The quantitative estimate of drug-likeness (QED) is 0.769. The van der Waals surface area contributed by atoms with E-state index in [9.17, 15) is 0 Å². The van der Waals surface area contributed by atoms with Crippen LogP contribution in [0.4, 0.5) is 0 Å². The lowest BCUT2D eigenvalue weighted by atomic mass is 10.5. The molecule has 0 saturated carbocycles. The average molecular weight is 248 g/mol. The summed E-state index contributed by atoms with van der Waals surface area (Å²) >= 11 is 1.33. The van der Waals surface area contributed by atoms with E-state index in [2.05, 4.69) is 21.0 Å². The van der Waals surface area contributed by atoms with E-state index in [0.29, 0.717) is 16.9 Å². The molecule has 2 rings (SSSR count). The minimum Gasteiger partial charge on any atom is -0.481 e. The van der Waals surface area contributed by atoms with Crippen molar-refractivity contribution in [1.29, 1.82) is 0 Å². The number of methoxy groups -OCH3 is 2. The molecule has 0 bridgehead atoms. The van der Waals surface area contributed by atoms with Gasteiger partial charge in [0.2, 0.25) is 16.9 Å². The van der Waals surface area contributed by atoms with Gasteiger partial charge in [-0.1, -0.05) is 6.07 Å². The van der Waals surface area contributed by atoms with Crippen LogP contribution in [0.3, 0.4) is 0 Å². The molecule has 5 nitrogen and oxygen atoms in total. The highest BCUT2D eigenvalue weighted by Crippen LogP contribution is 2.26. The number of ether oxygens (including phenoxy) is 2. The average Bonchev–Trinajstić information content (AvgIpc) is 2.39. The summed E-state index contributed by atoms with van der Waals surface area (Å²) in [6.45, 7) is 0. The first kappa shape index (κ1) is 11.7. The number of pyridine rings is 1. The summed E-state index contributed by atoms with van der Waals surface area (Å²) < 4.78 is 10.1. The van der Waals surface area contributed by atoms with Gasteiger partial charge in [-0.15, -0.1) is 0 Å². The van der Waals surface area contributed by atoms with Gasteiger partial charge in [-0.2, -0.15) is 9.97 Å². The van der Waals surface area contributed by atoms with Crippen LogP contribution in [0.1, 0.15) is 0 Å². The molecule has 2 heterocycles. The second kappa shape index (κ2) is 5.49. The van der Waals surface area contributed by atoms with Crippen molar-refractivity contribution in [3.05, 3.63) is 30.5 Å². The number of aromatic nitrogens is 3. The Hall–Kier alpha value is -1.82. The zero-order valence-corrected chi connectivity index (χ0v) is 10.2. The highest BCUT2D eigenvalue weighted by Gasteiger charge is 2.07. The van der Waals surface area contributed by atoms with Gasteiger partial charge in [0.1, 0.15) is 5.03 Å². The molecule has 2 aromatic heterocycles. The van der Waals surface area contributed by atoms with Crippen molar-refractivity contribution >= 4 is 11.8 Å². The minimum atomic E-state index is 0.460. The normalized spacial score (nSPS) is 10.0. The molecule has 0 N–H and O–H groups in total. The van der Waals surface area contributed by atoms with E-state index >= 15 is 0 Å². The van der Waals surface area contributed by atoms with Crippen molar-refractivity contribution in [2.45, 2.75) is 10.2 Å². The van der Waals surface area contributed by atoms with Crippen LogP contribution >= 0.6 is 11.8 Å². The first-order chi connectivity index (χ1) is 8.31. The zero-order valence-electron chi connectivity index (χ0n) is 9.38. The third-order valence-corrected chi connectivity index (χ3v) is 2.68. The van der Waals surface area contributed by atoms with E-state index in [1.54, 1.807) is 32.5 Å². The summed E-state index contributed by atoms with van der Waals surface area (Å²) in [6, 6.07) is 8.09. The van der Waals surface area contributed by atoms with Gasteiger partial charge in [-0.25, -0.2) is 4.98 Å². The van der Waals surface area contributed by atoms with Gasteiger partial charge in [-0.05, 0) is 17.8 Å². The topological polar surface area (TPSA) is 57.1 Å². The van der Waals surface area contributed by atoms with Gasteiger partial charge in [-0.3, -0.25) is 0 Å². The van der Waals surface area contributed by atoms with E-state index in [1.807, 2.05) is 6.07 Å². The Kier molecular flexibility index (Phi) is 3.77. The van der Waals surface area contributed by atoms with Crippen LogP contribution in [0, 0.1) is 6.07 Å². The Bertz CT molecular complexity index is 471. The lowest BCUT2D eigenvalue weighted by molar-refractivity contribution is 0.364. The minimum absolute atomic E-state index is 0.460. The van der Waals surface area contributed by atoms with Crippen LogP contribution in [-0.2, 0) is 0 Å². The lowest BCUT2D eigenvalue weighted by Crippen LogP contribution is -1.96.